The summed E-state index contributed by atoms with van der Waals surface area (Å²) in [5.41, 5.74) is 1.26. The molecule has 0 fully saturated rings. The van der Waals surface area contributed by atoms with Crippen molar-refractivity contribution in [2.75, 3.05) is 17.7 Å². The van der Waals surface area contributed by atoms with E-state index in [9.17, 15) is 9.59 Å². The average Bonchev–Trinajstić information content (AvgIpc) is 2.56. The van der Waals surface area contributed by atoms with Gasteiger partial charge in [0.05, 0.1) is 22.8 Å². The number of nitrogens with one attached hydrogen (secondary N) is 2. The molecule has 0 saturated heterocycles. The molecule has 0 bridgehead atoms. The van der Waals surface area contributed by atoms with Gasteiger partial charge in [-0.2, -0.15) is 0 Å². The Balaban J connectivity index is 1.82. The monoisotopic (exact) mass is 380 g/mol. The minimum atomic E-state index is -0.559. The van der Waals surface area contributed by atoms with Gasteiger partial charge in [0.2, 0.25) is 0 Å². The number of halogens is 2. The lowest BCUT2D eigenvalue weighted by atomic mass is 10.1. The van der Waals surface area contributed by atoms with Crippen molar-refractivity contribution in [3.8, 4) is 11.5 Å². The highest BCUT2D eigenvalue weighted by Gasteiger charge is 2.23. The molecule has 25 heavy (non-hydrogen) atoms. The van der Waals surface area contributed by atoms with Gasteiger partial charge in [0.25, 0.3) is 11.8 Å². The number of fused-ring (bicyclic) bond motifs is 1. The Hall–Kier alpha value is -2.44. The van der Waals surface area contributed by atoms with E-state index in [2.05, 4.69) is 10.6 Å². The minimum absolute atomic E-state index is 0.236. The summed E-state index contributed by atoms with van der Waals surface area (Å²) < 4.78 is 10.5. The number of carbonyl (C=O) groups is 2. The molecule has 6 nitrogen and oxygen atoms in total. The van der Waals surface area contributed by atoms with Crippen molar-refractivity contribution in [1.82, 2.24) is 0 Å². The molecule has 1 aliphatic rings. The number of benzene rings is 2. The molecule has 0 unspecified atom stereocenters. The standard InChI is InChI=1S/C17H14Cl2N2O4/c1-8-16(22)21-13-7-10(3-4-14(13)25-8)20-17(23)9-5-11(18)15(24-2)12(19)6-9/h3-8H,1-2H3,(H,20,23)(H,21,22)/t8-/m0/s1. The first-order valence-electron chi connectivity index (χ1n) is 7.35. The molecule has 2 aromatic carbocycles. The molecular formula is C17H14Cl2N2O4. The van der Waals surface area contributed by atoms with E-state index < -0.39 is 12.0 Å². The Kier molecular flexibility index (Phi) is 4.74. The molecule has 130 valence electrons. The fourth-order valence-electron chi connectivity index (χ4n) is 2.38. The summed E-state index contributed by atoms with van der Waals surface area (Å²) in [6.45, 7) is 1.66. The zero-order valence-electron chi connectivity index (χ0n) is 13.4. The van der Waals surface area contributed by atoms with Crippen LogP contribution in [0.4, 0.5) is 11.4 Å². The Bertz CT molecular complexity index is 847. The van der Waals surface area contributed by atoms with Crippen molar-refractivity contribution in [1.29, 1.82) is 0 Å². The SMILES string of the molecule is COc1c(Cl)cc(C(=O)Nc2ccc3c(c2)NC(=O)[C@H](C)O3)cc1Cl. The average molecular weight is 381 g/mol. The van der Waals surface area contributed by atoms with E-state index in [1.165, 1.54) is 19.2 Å². The Labute approximate surface area is 154 Å². The van der Waals surface area contributed by atoms with E-state index in [1.54, 1.807) is 25.1 Å². The van der Waals surface area contributed by atoms with Crippen molar-refractivity contribution in [2.24, 2.45) is 0 Å². The number of amides is 2. The molecule has 2 N–H and O–H groups in total. The third-order valence-corrected chi connectivity index (χ3v) is 4.19. The van der Waals surface area contributed by atoms with Crippen LogP contribution in [0.3, 0.4) is 0 Å². The maximum absolute atomic E-state index is 12.4. The molecule has 2 amide bonds. The van der Waals surface area contributed by atoms with E-state index in [-0.39, 0.29) is 21.5 Å². The number of hydrogen-bond donors (Lipinski definition) is 2. The molecule has 1 atom stereocenters. The normalized spacial score (nSPS) is 15.7. The third-order valence-electron chi connectivity index (χ3n) is 3.63. The number of rotatable bonds is 3. The van der Waals surface area contributed by atoms with Crippen molar-refractivity contribution in [2.45, 2.75) is 13.0 Å². The highest BCUT2D eigenvalue weighted by molar-refractivity contribution is 6.37. The molecule has 8 heteroatoms. The fourth-order valence-corrected chi connectivity index (χ4v) is 3.02. The van der Waals surface area contributed by atoms with Gasteiger partial charge in [-0.3, -0.25) is 9.59 Å². The molecule has 2 aromatic rings. The first-order chi connectivity index (χ1) is 11.9. The van der Waals surface area contributed by atoms with Crippen LogP contribution in [-0.2, 0) is 4.79 Å². The summed E-state index contributed by atoms with van der Waals surface area (Å²) in [6, 6.07) is 7.89. The molecular weight excluding hydrogens is 367 g/mol. The summed E-state index contributed by atoms with van der Waals surface area (Å²) in [7, 11) is 1.44. The summed E-state index contributed by atoms with van der Waals surface area (Å²) in [4.78, 5) is 24.1. The van der Waals surface area contributed by atoms with Gasteiger partial charge >= 0.3 is 0 Å². The summed E-state index contributed by atoms with van der Waals surface area (Å²) in [5, 5.41) is 5.92. The Morgan fingerprint density at radius 3 is 2.56 bits per heavy atom. The summed E-state index contributed by atoms with van der Waals surface area (Å²) >= 11 is 12.1. The highest BCUT2D eigenvalue weighted by atomic mass is 35.5. The summed E-state index contributed by atoms with van der Waals surface area (Å²) in [5.74, 6) is 0.204. The first-order valence-corrected chi connectivity index (χ1v) is 8.10. The van der Waals surface area contributed by atoms with E-state index in [1.807, 2.05) is 0 Å². The van der Waals surface area contributed by atoms with Crippen LogP contribution in [0.15, 0.2) is 30.3 Å². The lowest BCUT2D eigenvalue weighted by molar-refractivity contribution is -0.122. The van der Waals surface area contributed by atoms with Crippen molar-refractivity contribution < 1.29 is 19.1 Å². The van der Waals surface area contributed by atoms with E-state index in [0.717, 1.165) is 0 Å². The van der Waals surface area contributed by atoms with Gasteiger partial charge in [0.1, 0.15) is 5.75 Å². The van der Waals surface area contributed by atoms with Crippen LogP contribution in [0.25, 0.3) is 0 Å². The number of hydrogen-bond acceptors (Lipinski definition) is 4. The number of ether oxygens (including phenoxy) is 2. The van der Waals surface area contributed by atoms with Crippen LogP contribution in [0, 0.1) is 0 Å². The van der Waals surface area contributed by atoms with Gasteiger partial charge in [-0.25, -0.2) is 0 Å². The Morgan fingerprint density at radius 2 is 1.92 bits per heavy atom. The number of anilines is 2. The lowest BCUT2D eigenvalue weighted by Crippen LogP contribution is -2.34. The Morgan fingerprint density at radius 1 is 1.24 bits per heavy atom. The van der Waals surface area contributed by atoms with Crippen LogP contribution in [0.5, 0.6) is 11.5 Å². The molecule has 0 radical (unpaired) electrons. The second-order valence-corrected chi connectivity index (χ2v) is 6.20. The molecule has 1 heterocycles. The quantitative estimate of drug-likeness (QED) is 0.844. The van der Waals surface area contributed by atoms with Crippen molar-refractivity contribution >= 4 is 46.4 Å². The predicted octanol–water partition coefficient (Wildman–Crippen LogP) is 3.97. The van der Waals surface area contributed by atoms with Crippen LogP contribution in [0.2, 0.25) is 10.0 Å². The smallest absolute Gasteiger partial charge is 0.265 e. The second kappa shape index (κ2) is 6.82. The zero-order valence-corrected chi connectivity index (χ0v) is 14.9. The van der Waals surface area contributed by atoms with Gasteiger partial charge < -0.3 is 20.1 Å². The largest absolute Gasteiger partial charge is 0.494 e. The van der Waals surface area contributed by atoms with E-state index in [0.29, 0.717) is 22.9 Å². The number of carbonyl (C=O) groups excluding carboxylic acids is 2. The number of methoxy groups -OCH3 is 1. The predicted molar refractivity (Wildman–Crippen MR) is 96.1 cm³/mol. The van der Waals surface area contributed by atoms with E-state index >= 15 is 0 Å². The van der Waals surface area contributed by atoms with Crippen LogP contribution < -0.4 is 20.1 Å². The first kappa shape index (κ1) is 17.4. The van der Waals surface area contributed by atoms with Gasteiger partial charge in [0, 0.05) is 11.3 Å². The topological polar surface area (TPSA) is 76.7 Å². The second-order valence-electron chi connectivity index (χ2n) is 5.39. The van der Waals surface area contributed by atoms with Crippen molar-refractivity contribution in [3.05, 3.63) is 45.9 Å². The zero-order chi connectivity index (χ0) is 18.1. The molecule has 0 aliphatic carbocycles. The molecule has 1 aliphatic heterocycles. The lowest BCUT2D eigenvalue weighted by Gasteiger charge is -2.23. The molecule has 3 rings (SSSR count). The van der Waals surface area contributed by atoms with Crippen LogP contribution in [-0.4, -0.2) is 25.0 Å². The molecule has 0 spiro atoms. The van der Waals surface area contributed by atoms with Gasteiger partial charge in [-0.15, -0.1) is 0 Å². The molecule has 0 aromatic heterocycles. The fraction of sp³-hybridized carbons (Fsp3) is 0.176. The highest BCUT2D eigenvalue weighted by Crippen LogP contribution is 2.35. The third kappa shape index (κ3) is 3.50. The molecule has 0 saturated carbocycles. The van der Waals surface area contributed by atoms with Gasteiger partial charge in [-0.05, 0) is 37.3 Å². The minimum Gasteiger partial charge on any atom is -0.494 e. The van der Waals surface area contributed by atoms with Crippen molar-refractivity contribution in [3.63, 3.8) is 0 Å². The van der Waals surface area contributed by atoms with Gasteiger partial charge in [-0.1, -0.05) is 23.2 Å². The van der Waals surface area contributed by atoms with E-state index in [4.69, 9.17) is 32.7 Å². The van der Waals surface area contributed by atoms with Gasteiger partial charge in [0.15, 0.2) is 11.9 Å². The van der Waals surface area contributed by atoms with Crippen LogP contribution >= 0.6 is 23.2 Å². The maximum Gasteiger partial charge on any atom is 0.265 e. The summed E-state index contributed by atoms with van der Waals surface area (Å²) in [6.07, 6.45) is -0.559. The maximum atomic E-state index is 12.4. The van der Waals surface area contributed by atoms with Crippen LogP contribution in [0.1, 0.15) is 17.3 Å².